The molecular weight excluding hydrogens is 258 g/mol. The van der Waals surface area contributed by atoms with E-state index < -0.39 is 33.5 Å². The molecule has 0 fully saturated rings. The molecule has 0 saturated carbocycles. The van der Waals surface area contributed by atoms with Crippen LogP contribution < -0.4 is 5.32 Å². The van der Waals surface area contributed by atoms with E-state index in [4.69, 9.17) is 5.11 Å². The minimum atomic E-state index is -3.49. The van der Waals surface area contributed by atoms with Crippen LogP contribution in [0.5, 0.6) is 0 Å². The zero-order chi connectivity index (χ0) is 14.3. The number of rotatable bonds is 8. The first kappa shape index (κ1) is 16.9. The van der Waals surface area contributed by atoms with Crippen LogP contribution in [0.25, 0.3) is 0 Å². The van der Waals surface area contributed by atoms with E-state index in [2.05, 4.69) is 5.32 Å². The van der Waals surface area contributed by atoms with Crippen LogP contribution >= 0.6 is 0 Å². The van der Waals surface area contributed by atoms with Crippen LogP contribution in [0.2, 0.25) is 0 Å². The monoisotopic (exact) mass is 279 g/mol. The van der Waals surface area contributed by atoms with Crippen molar-refractivity contribution >= 4 is 21.7 Å². The number of nitrogens with one attached hydrogen (secondary N) is 1. The number of carbonyl (C=O) groups is 2. The first-order valence-corrected chi connectivity index (χ1v) is 7.70. The number of carboxylic acid groups (broad SMARTS) is 1. The van der Waals surface area contributed by atoms with Gasteiger partial charge in [0.05, 0.1) is 11.5 Å². The SMILES string of the molecule is CCCC(C)CS(=O)(=O)CC(NC(C)=O)C(=O)O. The molecule has 106 valence electrons. The summed E-state index contributed by atoms with van der Waals surface area (Å²) in [4.78, 5) is 21.6. The van der Waals surface area contributed by atoms with Gasteiger partial charge in [-0.3, -0.25) is 4.79 Å². The van der Waals surface area contributed by atoms with Gasteiger partial charge in [-0.05, 0) is 5.92 Å². The molecular formula is C11H21NO5S. The molecule has 0 heterocycles. The van der Waals surface area contributed by atoms with Crippen molar-refractivity contribution in [1.82, 2.24) is 5.32 Å². The number of hydrogen-bond donors (Lipinski definition) is 2. The summed E-state index contributed by atoms with van der Waals surface area (Å²) < 4.78 is 23.6. The van der Waals surface area contributed by atoms with Gasteiger partial charge in [-0.15, -0.1) is 0 Å². The molecule has 6 nitrogen and oxygen atoms in total. The molecule has 0 spiro atoms. The van der Waals surface area contributed by atoms with Crippen molar-refractivity contribution in [3.8, 4) is 0 Å². The zero-order valence-corrected chi connectivity index (χ0v) is 11.8. The second kappa shape index (κ2) is 7.35. The minimum Gasteiger partial charge on any atom is -0.480 e. The highest BCUT2D eigenvalue weighted by atomic mass is 32.2. The Morgan fingerprint density at radius 3 is 2.22 bits per heavy atom. The van der Waals surface area contributed by atoms with E-state index in [-0.39, 0.29) is 11.7 Å². The lowest BCUT2D eigenvalue weighted by molar-refractivity contribution is -0.140. The highest BCUT2D eigenvalue weighted by molar-refractivity contribution is 7.91. The van der Waals surface area contributed by atoms with Gasteiger partial charge in [0.15, 0.2) is 9.84 Å². The summed E-state index contributed by atoms with van der Waals surface area (Å²) >= 11 is 0. The molecule has 2 atom stereocenters. The van der Waals surface area contributed by atoms with Crippen molar-refractivity contribution < 1.29 is 23.1 Å². The summed E-state index contributed by atoms with van der Waals surface area (Å²) in [6, 6.07) is -1.37. The summed E-state index contributed by atoms with van der Waals surface area (Å²) in [5.74, 6) is -2.51. The third-order valence-corrected chi connectivity index (χ3v) is 4.33. The Hall–Kier alpha value is -1.11. The van der Waals surface area contributed by atoms with Gasteiger partial charge in [-0.1, -0.05) is 26.7 Å². The van der Waals surface area contributed by atoms with E-state index in [1.807, 2.05) is 13.8 Å². The molecule has 2 N–H and O–H groups in total. The van der Waals surface area contributed by atoms with E-state index in [1.165, 1.54) is 0 Å². The zero-order valence-electron chi connectivity index (χ0n) is 11.0. The van der Waals surface area contributed by atoms with Crippen LogP contribution in [0.15, 0.2) is 0 Å². The van der Waals surface area contributed by atoms with Gasteiger partial charge >= 0.3 is 5.97 Å². The maximum atomic E-state index is 11.8. The Bertz CT molecular complexity index is 390. The summed E-state index contributed by atoms with van der Waals surface area (Å²) in [7, 11) is -3.49. The predicted octanol–water partition coefficient (Wildman–Crippen LogP) is 0.427. The topological polar surface area (TPSA) is 101 Å². The maximum absolute atomic E-state index is 11.8. The van der Waals surface area contributed by atoms with Gasteiger partial charge < -0.3 is 10.4 Å². The fourth-order valence-corrected chi connectivity index (χ4v) is 3.66. The van der Waals surface area contributed by atoms with Gasteiger partial charge in [0.1, 0.15) is 6.04 Å². The number of carboxylic acids is 1. The Balaban J connectivity index is 4.61. The molecule has 0 aliphatic carbocycles. The molecule has 7 heteroatoms. The predicted molar refractivity (Wildman–Crippen MR) is 68.0 cm³/mol. The van der Waals surface area contributed by atoms with Crippen LogP contribution in [-0.4, -0.2) is 42.9 Å². The molecule has 2 unspecified atom stereocenters. The van der Waals surface area contributed by atoms with Crippen molar-refractivity contribution in [3.63, 3.8) is 0 Å². The van der Waals surface area contributed by atoms with E-state index in [9.17, 15) is 18.0 Å². The molecule has 1 amide bonds. The average Bonchev–Trinajstić information content (AvgIpc) is 2.14. The first-order valence-electron chi connectivity index (χ1n) is 5.88. The van der Waals surface area contributed by atoms with Crippen molar-refractivity contribution in [2.24, 2.45) is 5.92 Å². The average molecular weight is 279 g/mol. The van der Waals surface area contributed by atoms with Crippen molar-refractivity contribution in [1.29, 1.82) is 0 Å². The number of amides is 1. The molecule has 0 aromatic carbocycles. The standard InChI is InChI=1S/C11H21NO5S/c1-4-5-8(2)6-18(16,17)7-10(11(14)15)12-9(3)13/h8,10H,4-7H2,1-3H3,(H,12,13)(H,14,15). The fourth-order valence-electron chi connectivity index (χ4n) is 1.75. The first-order chi connectivity index (χ1) is 8.18. The molecule has 0 aliphatic heterocycles. The van der Waals surface area contributed by atoms with Gasteiger partial charge in [-0.25, -0.2) is 13.2 Å². The van der Waals surface area contributed by atoms with Crippen LogP contribution in [0.1, 0.15) is 33.6 Å². The largest absolute Gasteiger partial charge is 0.480 e. The quantitative estimate of drug-likeness (QED) is 0.671. The van der Waals surface area contributed by atoms with Gasteiger partial charge in [0.25, 0.3) is 0 Å². The molecule has 18 heavy (non-hydrogen) atoms. The van der Waals surface area contributed by atoms with Crippen LogP contribution in [0, 0.1) is 5.92 Å². The molecule has 0 rings (SSSR count). The second-order valence-electron chi connectivity index (χ2n) is 4.56. The van der Waals surface area contributed by atoms with Crippen LogP contribution in [0.4, 0.5) is 0 Å². The number of sulfone groups is 1. The van der Waals surface area contributed by atoms with Crippen molar-refractivity contribution in [2.75, 3.05) is 11.5 Å². The molecule has 0 aromatic heterocycles. The molecule has 0 aliphatic rings. The maximum Gasteiger partial charge on any atom is 0.327 e. The summed E-state index contributed by atoms with van der Waals surface area (Å²) in [5, 5.41) is 11.0. The number of carbonyl (C=O) groups excluding carboxylic acids is 1. The lowest BCUT2D eigenvalue weighted by Crippen LogP contribution is -2.45. The van der Waals surface area contributed by atoms with Crippen LogP contribution in [0.3, 0.4) is 0 Å². The highest BCUT2D eigenvalue weighted by Crippen LogP contribution is 2.10. The van der Waals surface area contributed by atoms with E-state index in [1.54, 1.807) is 0 Å². The Morgan fingerprint density at radius 2 is 1.83 bits per heavy atom. The normalized spacial score (nSPS) is 14.8. The van der Waals surface area contributed by atoms with E-state index in [0.717, 1.165) is 19.8 Å². The lowest BCUT2D eigenvalue weighted by atomic mass is 10.1. The number of hydrogen-bond acceptors (Lipinski definition) is 4. The lowest BCUT2D eigenvalue weighted by Gasteiger charge is -2.15. The second-order valence-corrected chi connectivity index (χ2v) is 6.72. The Morgan fingerprint density at radius 1 is 1.28 bits per heavy atom. The van der Waals surface area contributed by atoms with Gasteiger partial charge in [0.2, 0.25) is 5.91 Å². The highest BCUT2D eigenvalue weighted by Gasteiger charge is 2.26. The molecule has 0 bridgehead atoms. The van der Waals surface area contributed by atoms with Crippen molar-refractivity contribution in [3.05, 3.63) is 0 Å². The van der Waals surface area contributed by atoms with Crippen molar-refractivity contribution in [2.45, 2.75) is 39.7 Å². The fraction of sp³-hybridized carbons (Fsp3) is 0.818. The molecule has 0 aromatic rings. The summed E-state index contributed by atoms with van der Waals surface area (Å²) in [5.41, 5.74) is 0. The van der Waals surface area contributed by atoms with E-state index in [0.29, 0.717) is 0 Å². The number of aliphatic carboxylic acids is 1. The minimum absolute atomic E-state index is 0.00762. The molecule has 0 radical (unpaired) electrons. The van der Waals surface area contributed by atoms with Gasteiger partial charge in [-0.2, -0.15) is 0 Å². The Kier molecular flexibility index (Phi) is 6.90. The third-order valence-electron chi connectivity index (χ3n) is 2.42. The Labute approximate surface area is 108 Å². The van der Waals surface area contributed by atoms with Gasteiger partial charge in [0, 0.05) is 6.92 Å². The molecule has 0 saturated heterocycles. The van der Waals surface area contributed by atoms with E-state index >= 15 is 0 Å². The smallest absolute Gasteiger partial charge is 0.327 e. The summed E-state index contributed by atoms with van der Waals surface area (Å²) in [6.07, 6.45) is 1.65. The third kappa shape index (κ3) is 7.26. The van der Waals surface area contributed by atoms with Crippen LogP contribution in [-0.2, 0) is 19.4 Å². The summed E-state index contributed by atoms with van der Waals surface area (Å²) in [6.45, 7) is 4.93.